The monoisotopic (exact) mass is 567 g/mol. The molecule has 0 saturated carbocycles. The first-order valence-corrected chi connectivity index (χ1v) is 13.5. The zero-order valence-corrected chi connectivity index (χ0v) is 23.6. The molecule has 0 aliphatic heterocycles. The van der Waals surface area contributed by atoms with Crippen molar-refractivity contribution in [1.82, 2.24) is 9.78 Å². The molecule has 0 spiro atoms. The van der Waals surface area contributed by atoms with Crippen LogP contribution >= 0.6 is 0 Å². The topological polar surface area (TPSA) is 56.6 Å². The van der Waals surface area contributed by atoms with Crippen molar-refractivity contribution in [3.05, 3.63) is 132 Å². The zero-order chi connectivity index (χ0) is 29.7. The maximum absolute atomic E-state index is 14.9. The van der Waals surface area contributed by atoms with Crippen LogP contribution in [0, 0.1) is 11.6 Å². The number of nitrogens with zero attached hydrogens (tertiary/aromatic N) is 3. The van der Waals surface area contributed by atoms with E-state index < -0.39 is 23.3 Å². The van der Waals surface area contributed by atoms with Crippen LogP contribution in [0.4, 0.5) is 25.1 Å². The van der Waals surface area contributed by atoms with Gasteiger partial charge in [-0.15, -0.1) is 5.10 Å². The van der Waals surface area contributed by atoms with E-state index >= 15 is 0 Å². The Morgan fingerprint density at radius 3 is 2.12 bits per heavy atom. The van der Waals surface area contributed by atoms with E-state index in [9.17, 15) is 13.6 Å². The summed E-state index contributed by atoms with van der Waals surface area (Å²) in [6, 6.07) is 31.3. The van der Waals surface area contributed by atoms with Gasteiger partial charge in [0.1, 0.15) is 18.0 Å². The summed E-state index contributed by atoms with van der Waals surface area (Å²) in [4.78, 5) is 15.1. The van der Waals surface area contributed by atoms with E-state index in [1.54, 1.807) is 51.1 Å². The van der Waals surface area contributed by atoms with Gasteiger partial charge in [0.15, 0.2) is 17.4 Å². The lowest BCUT2D eigenvalue weighted by Crippen LogP contribution is -2.28. The molecule has 214 valence electrons. The van der Waals surface area contributed by atoms with E-state index in [4.69, 9.17) is 9.47 Å². The molecule has 0 saturated heterocycles. The molecule has 0 fully saturated rings. The number of aromatic nitrogens is 2. The van der Waals surface area contributed by atoms with Gasteiger partial charge >= 0.3 is 6.09 Å². The van der Waals surface area contributed by atoms with Crippen LogP contribution < -0.4 is 9.64 Å². The minimum atomic E-state index is -0.769. The minimum absolute atomic E-state index is 0.0831. The zero-order valence-electron chi connectivity index (χ0n) is 23.6. The van der Waals surface area contributed by atoms with Crippen molar-refractivity contribution in [3.63, 3.8) is 0 Å². The predicted molar refractivity (Wildman–Crippen MR) is 159 cm³/mol. The molecule has 0 atom stereocenters. The molecule has 6 nitrogen and oxygen atoms in total. The summed E-state index contributed by atoms with van der Waals surface area (Å²) in [5.41, 5.74) is 2.69. The van der Waals surface area contributed by atoms with E-state index in [-0.39, 0.29) is 12.4 Å². The first kappa shape index (κ1) is 28.5. The van der Waals surface area contributed by atoms with Gasteiger partial charge in [-0.1, -0.05) is 60.7 Å². The van der Waals surface area contributed by atoms with Crippen molar-refractivity contribution < 1.29 is 23.0 Å². The fraction of sp³-hybridized carbons (Fsp3) is 0.176. The summed E-state index contributed by atoms with van der Waals surface area (Å²) in [5, 5.41) is 4.65. The lowest BCUT2D eigenvalue weighted by Gasteiger charge is -2.23. The molecule has 0 amide bonds. The highest BCUT2D eigenvalue weighted by atomic mass is 19.1. The summed E-state index contributed by atoms with van der Waals surface area (Å²) in [6.07, 6.45) is -0.682. The number of carbonyl (C=O) groups is 1. The second kappa shape index (κ2) is 12.3. The molecule has 4 aromatic carbocycles. The molecule has 0 aliphatic rings. The van der Waals surface area contributed by atoms with Gasteiger partial charge < -0.3 is 14.4 Å². The Hall–Kier alpha value is -4.98. The molecule has 8 heteroatoms. The van der Waals surface area contributed by atoms with Gasteiger partial charge in [-0.3, -0.25) is 0 Å². The molecule has 0 radical (unpaired) electrons. The van der Waals surface area contributed by atoms with Crippen LogP contribution in [0.3, 0.4) is 0 Å². The summed E-state index contributed by atoms with van der Waals surface area (Å²) in [6.45, 7) is 5.86. The van der Waals surface area contributed by atoms with Gasteiger partial charge in [-0.2, -0.15) is 4.68 Å². The molecular weight excluding hydrogens is 536 g/mol. The van der Waals surface area contributed by atoms with Gasteiger partial charge in [0, 0.05) is 29.9 Å². The van der Waals surface area contributed by atoms with Crippen LogP contribution in [0.2, 0.25) is 0 Å². The molecule has 0 bridgehead atoms. The SMILES string of the molecule is CC(C)(C)OC(=O)n1nc(N(Cc2ccccc2)c2ccc(F)c(OCc3ccccc3)c2)cc1-c1ccc(F)cc1. The summed E-state index contributed by atoms with van der Waals surface area (Å²) in [5.74, 6) is -0.410. The molecular formula is C34H31F2N3O3. The number of ether oxygens (including phenoxy) is 2. The lowest BCUT2D eigenvalue weighted by atomic mass is 10.1. The highest BCUT2D eigenvalue weighted by Gasteiger charge is 2.25. The van der Waals surface area contributed by atoms with Crippen molar-refractivity contribution in [3.8, 4) is 17.0 Å². The fourth-order valence-electron chi connectivity index (χ4n) is 4.35. The predicted octanol–water partition coefficient (Wildman–Crippen LogP) is 8.53. The van der Waals surface area contributed by atoms with Crippen LogP contribution in [-0.2, 0) is 17.9 Å². The van der Waals surface area contributed by atoms with Gasteiger partial charge in [0.25, 0.3) is 0 Å². The molecule has 42 heavy (non-hydrogen) atoms. The number of benzene rings is 4. The number of anilines is 2. The van der Waals surface area contributed by atoms with Gasteiger partial charge in [0.2, 0.25) is 0 Å². The lowest BCUT2D eigenvalue weighted by molar-refractivity contribution is 0.0518. The Balaban J connectivity index is 1.58. The van der Waals surface area contributed by atoms with Crippen molar-refractivity contribution in [1.29, 1.82) is 0 Å². The number of hydrogen-bond donors (Lipinski definition) is 0. The van der Waals surface area contributed by atoms with Crippen LogP contribution in [0.15, 0.2) is 109 Å². The number of halogens is 2. The minimum Gasteiger partial charge on any atom is -0.486 e. The Morgan fingerprint density at radius 2 is 1.48 bits per heavy atom. The van der Waals surface area contributed by atoms with E-state index in [2.05, 4.69) is 5.10 Å². The molecule has 0 unspecified atom stereocenters. The van der Waals surface area contributed by atoms with Crippen molar-refractivity contribution in [2.45, 2.75) is 39.5 Å². The van der Waals surface area contributed by atoms with E-state index in [1.165, 1.54) is 22.9 Å². The molecule has 1 heterocycles. The molecule has 0 N–H and O–H groups in total. The largest absolute Gasteiger partial charge is 0.486 e. The van der Waals surface area contributed by atoms with Crippen LogP contribution in [-0.4, -0.2) is 21.5 Å². The Bertz CT molecular complexity index is 1650. The number of hydrogen-bond acceptors (Lipinski definition) is 5. The first-order valence-electron chi connectivity index (χ1n) is 13.5. The second-order valence-corrected chi connectivity index (χ2v) is 10.7. The summed E-state index contributed by atoms with van der Waals surface area (Å²) < 4.78 is 41.3. The van der Waals surface area contributed by atoms with Crippen molar-refractivity contribution in [2.75, 3.05) is 4.90 Å². The molecule has 0 aliphatic carbocycles. The average Bonchev–Trinajstić information content (AvgIpc) is 3.42. The highest BCUT2D eigenvalue weighted by Crippen LogP contribution is 2.34. The standard InChI is InChI=1S/C34H31F2N3O3/c1-34(2,3)42-33(40)39-30(26-14-16-27(35)17-15-26)21-32(37-39)38(22-24-10-6-4-7-11-24)28-18-19-29(36)31(20-28)41-23-25-12-8-5-9-13-25/h4-21H,22-23H2,1-3H3. The first-order chi connectivity index (χ1) is 20.2. The van der Waals surface area contributed by atoms with Crippen LogP contribution in [0.1, 0.15) is 31.9 Å². The third-order valence-electron chi connectivity index (χ3n) is 6.33. The molecule has 5 rings (SSSR count). The van der Waals surface area contributed by atoms with E-state index in [0.717, 1.165) is 11.1 Å². The fourth-order valence-corrected chi connectivity index (χ4v) is 4.35. The number of carbonyl (C=O) groups excluding carboxylic acids is 1. The van der Waals surface area contributed by atoms with E-state index in [0.29, 0.717) is 29.3 Å². The third-order valence-corrected chi connectivity index (χ3v) is 6.33. The van der Waals surface area contributed by atoms with Gasteiger partial charge in [0.05, 0.1) is 5.69 Å². The second-order valence-electron chi connectivity index (χ2n) is 10.7. The Kier molecular flexibility index (Phi) is 8.33. The summed E-state index contributed by atoms with van der Waals surface area (Å²) >= 11 is 0. The normalized spacial score (nSPS) is 11.3. The smallest absolute Gasteiger partial charge is 0.435 e. The molecule has 5 aromatic rings. The Labute approximate surface area is 243 Å². The molecule has 1 aromatic heterocycles. The van der Waals surface area contributed by atoms with Gasteiger partial charge in [-0.25, -0.2) is 13.6 Å². The maximum atomic E-state index is 14.9. The quantitative estimate of drug-likeness (QED) is 0.188. The van der Waals surface area contributed by atoms with E-state index in [1.807, 2.05) is 65.6 Å². The van der Waals surface area contributed by atoms with Crippen LogP contribution in [0.25, 0.3) is 11.3 Å². The van der Waals surface area contributed by atoms with Gasteiger partial charge in [-0.05, 0) is 68.3 Å². The van der Waals surface area contributed by atoms with Crippen molar-refractivity contribution >= 4 is 17.6 Å². The highest BCUT2D eigenvalue weighted by molar-refractivity contribution is 5.80. The maximum Gasteiger partial charge on any atom is 0.435 e. The van der Waals surface area contributed by atoms with Crippen molar-refractivity contribution in [2.24, 2.45) is 0 Å². The third kappa shape index (κ3) is 7.01. The average molecular weight is 568 g/mol. The summed E-state index contributed by atoms with van der Waals surface area (Å²) in [7, 11) is 0. The Morgan fingerprint density at radius 1 is 0.833 bits per heavy atom. The number of rotatable bonds is 8. The van der Waals surface area contributed by atoms with Crippen LogP contribution in [0.5, 0.6) is 5.75 Å².